The van der Waals surface area contributed by atoms with Gasteiger partial charge in [-0.1, -0.05) is 32.6 Å². The second-order valence-corrected chi connectivity index (χ2v) is 7.57. The van der Waals surface area contributed by atoms with E-state index in [2.05, 4.69) is 12.2 Å². The zero-order valence-electron chi connectivity index (χ0n) is 12.8. The highest BCUT2D eigenvalue weighted by molar-refractivity contribution is 7.11. The van der Waals surface area contributed by atoms with Crippen LogP contribution in [0.5, 0.6) is 0 Å². The summed E-state index contributed by atoms with van der Waals surface area (Å²) in [6, 6.07) is 0.531. The first-order valence-electron chi connectivity index (χ1n) is 8.60. The smallest absolute Gasteiger partial charge is 0.110 e. The van der Waals surface area contributed by atoms with Gasteiger partial charge in [-0.05, 0) is 51.0 Å². The number of hydrogen-bond donors (Lipinski definition) is 1. The Morgan fingerprint density at radius 2 is 1.95 bits per heavy atom. The lowest BCUT2D eigenvalue weighted by Crippen LogP contribution is -2.29. The van der Waals surface area contributed by atoms with Gasteiger partial charge in [0, 0.05) is 4.88 Å². The van der Waals surface area contributed by atoms with Gasteiger partial charge < -0.3 is 5.32 Å². The quantitative estimate of drug-likeness (QED) is 0.800. The molecule has 0 amide bonds. The van der Waals surface area contributed by atoms with Gasteiger partial charge in [-0.3, -0.25) is 0 Å². The van der Waals surface area contributed by atoms with Gasteiger partial charge in [0.05, 0.1) is 11.7 Å². The third-order valence-corrected chi connectivity index (χ3v) is 6.10. The van der Waals surface area contributed by atoms with E-state index in [4.69, 9.17) is 4.98 Å². The van der Waals surface area contributed by atoms with Crippen molar-refractivity contribution in [3.63, 3.8) is 0 Å². The summed E-state index contributed by atoms with van der Waals surface area (Å²) in [5, 5.41) is 5.22. The van der Waals surface area contributed by atoms with Crippen molar-refractivity contribution in [2.24, 2.45) is 5.92 Å². The molecule has 0 bridgehead atoms. The fourth-order valence-corrected chi connectivity index (χ4v) is 5.07. The summed E-state index contributed by atoms with van der Waals surface area (Å²) in [4.78, 5) is 6.59. The zero-order valence-corrected chi connectivity index (χ0v) is 13.6. The van der Waals surface area contributed by atoms with Crippen molar-refractivity contribution in [2.75, 3.05) is 6.54 Å². The van der Waals surface area contributed by atoms with Gasteiger partial charge >= 0.3 is 0 Å². The maximum Gasteiger partial charge on any atom is 0.110 e. The molecule has 3 heteroatoms. The highest BCUT2D eigenvalue weighted by Crippen LogP contribution is 2.38. The number of fused-ring (bicyclic) bond motifs is 1. The summed E-state index contributed by atoms with van der Waals surface area (Å²) in [6.07, 6.45) is 13.5. The van der Waals surface area contributed by atoms with E-state index >= 15 is 0 Å². The van der Waals surface area contributed by atoms with E-state index < -0.39 is 0 Å². The summed E-state index contributed by atoms with van der Waals surface area (Å²) in [5.74, 6) is 0.815. The highest BCUT2D eigenvalue weighted by Gasteiger charge is 2.28. The van der Waals surface area contributed by atoms with E-state index in [1.807, 2.05) is 11.3 Å². The lowest BCUT2D eigenvalue weighted by molar-refractivity contribution is 0.324. The van der Waals surface area contributed by atoms with E-state index in [1.54, 1.807) is 4.88 Å². The Morgan fingerprint density at radius 1 is 1.15 bits per heavy atom. The zero-order chi connectivity index (χ0) is 13.8. The predicted molar refractivity (Wildman–Crippen MR) is 86.4 cm³/mol. The number of hydrogen-bond acceptors (Lipinski definition) is 3. The Labute approximate surface area is 127 Å². The Morgan fingerprint density at radius 3 is 2.65 bits per heavy atom. The lowest BCUT2D eigenvalue weighted by atomic mass is 9.92. The Hall–Kier alpha value is -0.410. The lowest BCUT2D eigenvalue weighted by Gasteiger charge is -2.25. The molecular formula is C17H28N2S. The first-order chi connectivity index (χ1) is 9.88. The van der Waals surface area contributed by atoms with Crippen LogP contribution in [0.15, 0.2) is 0 Å². The summed E-state index contributed by atoms with van der Waals surface area (Å²) in [7, 11) is 0. The van der Waals surface area contributed by atoms with Crippen LogP contribution in [0.2, 0.25) is 0 Å². The molecule has 0 radical (unpaired) electrons. The molecular weight excluding hydrogens is 264 g/mol. The highest BCUT2D eigenvalue weighted by atomic mass is 32.1. The molecule has 0 aliphatic heterocycles. The summed E-state index contributed by atoms with van der Waals surface area (Å²) >= 11 is 2.01. The van der Waals surface area contributed by atoms with Crippen LogP contribution in [0.4, 0.5) is 0 Å². The molecule has 1 aromatic rings. The molecule has 1 atom stereocenters. The third kappa shape index (κ3) is 3.25. The average molecular weight is 292 g/mol. The number of rotatable bonds is 5. The Kier molecular flexibility index (Phi) is 5.11. The van der Waals surface area contributed by atoms with Crippen LogP contribution >= 0.6 is 11.3 Å². The molecule has 1 saturated carbocycles. The molecule has 1 aromatic heterocycles. The van der Waals surface area contributed by atoms with Crippen molar-refractivity contribution >= 4 is 11.3 Å². The van der Waals surface area contributed by atoms with Crippen molar-refractivity contribution in [1.29, 1.82) is 0 Å². The molecule has 112 valence electrons. The van der Waals surface area contributed by atoms with Crippen LogP contribution < -0.4 is 5.32 Å². The van der Waals surface area contributed by atoms with Crippen LogP contribution in [-0.4, -0.2) is 11.5 Å². The summed E-state index contributed by atoms with van der Waals surface area (Å²) < 4.78 is 0. The van der Waals surface area contributed by atoms with Crippen LogP contribution in [0.25, 0.3) is 0 Å². The molecule has 0 aromatic carbocycles. The topological polar surface area (TPSA) is 24.9 Å². The van der Waals surface area contributed by atoms with Gasteiger partial charge in [-0.25, -0.2) is 4.98 Å². The molecule has 1 unspecified atom stereocenters. The molecule has 20 heavy (non-hydrogen) atoms. The molecule has 1 fully saturated rings. The number of aryl methyl sites for hydroxylation is 2. The predicted octanol–water partition coefficient (Wildman–Crippen LogP) is 4.64. The minimum Gasteiger partial charge on any atom is -0.308 e. The fourth-order valence-electron chi connectivity index (χ4n) is 3.74. The minimum absolute atomic E-state index is 0.531. The molecule has 2 aliphatic rings. The van der Waals surface area contributed by atoms with Gasteiger partial charge in [0.1, 0.15) is 5.01 Å². The number of nitrogens with one attached hydrogen (secondary N) is 1. The largest absolute Gasteiger partial charge is 0.308 e. The summed E-state index contributed by atoms with van der Waals surface area (Å²) in [6.45, 7) is 3.39. The maximum atomic E-state index is 5.01. The first kappa shape index (κ1) is 14.5. The van der Waals surface area contributed by atoms with E-state index in [9.17, 15) is 0 Å². The van der Waals surface area contributed by atoms with Crippen molar-refractivity contribution in [3.05, 3.63) is 15.6 Å². The summed E-state index contributed by atoms with van der Waals surface area (Å²) in [5.41, 5.74) is 1.42. The first-order valence-corrected chi connectivity index (χ1v) is 9.42. The maximum absolute atomic E-state index is 5.01. The molecule has 0 saturated heterocycles. The minimum atomic E-state index is 0.531. The van der Waals surface area contributed by atoms with E-state index in [0.717, 1.165) is 12.5 Å². The van der Waals surface area contributed by atoms with Gasteiger partial charge in [0.2, 0.25) is 0 Å². The normalized spacial score (nSPS) is 21.6. The fraction of sp³-hybridized carbons (Fsp3) is 0.824. The molecule has 2 nitrogen and oxygen atoms in total. The molecule has 3 rings (SSSR count). The van der Waals surface area contributed by atoms with Gasteiger partial charge in [0.15, 0.2) is 0 Å². The number of nitrogens with zero attached hydrogens (tertiary/aromatic N) is 1. The molecule has 2 aliphatic carbocycles. The van der Waals surface area contributed by atoms with Crippen LogP contribution in [0, 0.1) is 5.92 Å². The average Bonchev–Trinajstić information content (AvgIpc) is 2.93. The molecule has 0 spiro atoms. The van der Waals surface area contributed by atoms with E-state index in [0.29, 0.717) is 6.04 Å². The number of aromatic nitrogens is 1. The van der Waals surface area contributed by atoms with Gasteiger partial charge in [-0.15, -0.1) is 11.3 Å². The van der Waals surface area contributed by atoms with Crippen LogP contribution in [-0.2, 0) is 12.8 Å². The van der Waals surface area contributed by atoms with E-state index in [1.165, 1.54) is 74.9 Å². The van der Waals surface area contributed by atoms with Crippen LogP contribution in [0.3, 0.4) is 0 Å². The Balaban J connectivity index is 1.76. The molecule has 1 N–H and O–H groups in total. The Bertz CT molecular complexity index is 397. The second-order valence-electron chi connectivity index (χ2n) is 6.46. The van der Waals surface area contributed by atoms with Crippen LogP contribution in [0.1, 0.15) is 79.9 Å². The molecule has 1 heterocycles. The SMILES string of the molecule is CCCNC(c1nc2c(s1)CCC2)C1CCCCCC1. The van der Waals surface area contributed by atoms with E-state index in [-0.39, 0.29) is 0 Å². The van der Waals surface area contributed by atoms with Gasteiger partial charge in [0.25, 0.3) is 0 Å². The van der Waals surface area contributed by atoms with Gasteiger partial charge in [-0.2, -0.15) is 0 Å². The second kappa shape index (κ2) is 7.04. The van der Waals surface area contributed by atoms with Crippen molar-refractivity contribution in [3.8, 4) is 0 Å². The number of thiazole rings is 1. The third-order valence-electron chi connectivity index (χ3n) is 4.86. The van der Waals surface area contributed by atoms with Crippen molar-refractivity contribution < 1.29 is 0 Å². The standard InChI is InChI=1S/C17H28N2S/c1-2-12-18-16(13-8-5-3-4-6-9-13)17-19-14-10-7-11-15(14)20-17/h13,16,18H,2-12H2,1H3. The van der Waals surface area contributed by atoms with Crippen molar-refractivity contribution in [1.82, 2.24) is 10.3 Å². The van der Waals surface area contributed by atoms with Crippen molar-refractivity contribution in [2.45, 2.75) is 77.2 Å². The monoisotopic (exact) mass is 292 g/mol.